The van der Waals surface area contributed by atoms with Crippen molar-refractivity contribution in [2.45, 2.75) is 32.0 Å². The van der Waals surface area contributed by atoms with E-state index in [2.05, 4.69) is 9.80 Å². The van der Waals surface area contributed by atoms with Crippen LogP contribution in [0.4, 0.5) is 0 Å². The molecule has 1 unspecified atom stereocenters. The van der Waals surface area contributed by atoms with Crippen LogP contribution in [0.1, 0.15) is 24.8 Å². The molecule has 7 nitrogen and oxygen atoms in total. The Labute approximate surface area is 174 Å². The van der Waals surface area contributed by atoms with Gasteiger partial charge in [-0.2, -0.15) is 0 Å². The molecule has 0 aromatic heterocycles. The number of amides is 1. The van der Waals surface area contributed by atoms with Gasteiger partial charge in [-0.05, 0) is 25.3 Å². The molecular formula is C22H35N3O4. The lowest BCUT2D eigenvalue weighted by Crippen LogP contribution is -2.52. The van der Waals surface area contributed by atoms with Crippen LogP contribution in [0.2, 0.25) is 0 Å². The largest absolute Gasteiger partial charge is 0.496 e. The van der Waals surface area contributed by atoms with E-state index in [0.29, 0.717) is 26.3 Å². The van der Waals surface area contributed by atoms with Crippen molar-refractivity contribution in [2.24, 2.45) is 0 Å². The van der Waals surface area contributed by atoms with Gasteiger partial charge in [-0.3, -0.25) is 14.6 Å². The molecule has 2 saturated heterocycles. The van der Waals surface area contributed by atoms with Crippen molar-refractivity contribution in [1.29, 1.82) is 0 Å². The Balaban J connectivity index is 1.31. The van der Waals surface area contributed by atoms with E-state index < -0.39 is 6.10 Å². The van der Waals surface area contributed by atoms with Crippen LogP contribution in [0.5, 0.6) is 5.75 Å². The zero-order chi connectivity index (χ0) is 20.5. The first-order valence-electron chi connectivity index (χ1n) is 10.8. The van der Waals surface area contributed by atoms with Crippen LogP contribution in [0.25, 0.3) is 0 Å². The van der Waals surface area contributed by atoms with Gasteiger partial charge in [-0.25, -0.2) is 0 Å². The van der Waals surface area contributed by atoms with E-state index >= 15 is 0 Å². The molecule has 1 N–H and O–H groups in total. The second kappa shape index (κ2) is 11.5. The number of carbonyl (C=O) groups is 1. The predicted molar refractivity (Wildman–Crippen MR) is 112 cm³/mol. The summed E-state index contributed by atoms with van der Waals surface area (Å²) in [5.74, 6) is 1.07. The van der Waals surface area contributed by atoms with E-state index in [9.17, 15) is 9.90 Å². The number of benzene rings is 1. The molecule has 2 aliphatic heterocycles. The molecule has 1 amide bonds. The fraction of sp³-hybridized carbons (Fsp3) is 0.682. The van der Waals surface area contributed by atoms with Gasteiger partial charge in [0.1, 0.15) is 5.75 Å². The second-order valence-corrected chi connectivity index (χ2v) is 8.00. The lowest BCUT2D eigenvalue weighted by atomic mass is 10.1. The molecule has 0 spiro atoms. The number of nitrogens with zero attached hydrogens (tertiary/aromatic N) is 3. The van der Waals surface area contributed by atoms with Gasteiger partial charge in [0.2, 0.25) is 5.91 Å². The number of ether oxygens (including phenoxy) is 2. The molecule has 29 heavy (non-hydrogen) atoms. The third-order valence-electron chi connectivity index (χ3n) is 5.76. The Kier molecular flexibility index (Phi) is 8.73. The van der Waals surface area contributed by atoms with Crippen molar-refractivity contribution in [3.05, 3.63) is 29.8 Å². The summed E-state index contributed by atoms with van der Waals surface area (Å²) in [5, 5.41) is 10.3. The Bertz CT molecular complexity index is 628. The number of aliphatic hydroxyl groups is 1. The highest BCUT2D eigenvalue weighted by molar-refractivity contribution is 5.78. The summed E-state index contributed by atoms with van der Waals surface area (Å²) in [6, 6.07) is 7.75. The molecule has 162 valence electrons. The normalized spacial score (nSPS) is 19.9. The minimum atomic E-state index is -0.522. The first kappa shape index (κ1) is 22.0. The van der Waals surface area contributed by atoms with Crippen molar-refractivity contribution in [3.8, 4) is 5.75 Å². The summed E-state index contributed by atoms with van der Waals surface area (Å²) in [6.45, 7) is 7.16. The van der Waals surface area contributed by atoms with E-state index in [1.807, 2.05) is 29.2 Å². The monoisotopic (exact) mass is 405 g/mol. The topological polar surface area (TPSA) is 65.5 Å². The highest BCUT2D eigenvalue weighted by Crippen LogP contribution is 2.18. The van der Waals surface area contributed by atoms with E-state index in [1.54, 1.807) is 7.11 Å². The van der Waals surface area contributed by atoms with Crippen molar-refractivity contribution < 1.29 is 19.4 Å². The molecule has 3 rings (SSSR count). The molecule has 1 atom stereocenters. The van der Waals surface area contributed by atoms with E-state index in [0.717, 1.165) is 63.4 Å². The number of aliphatic hydroxyl groups excluding tert-OH is 1. The minimum Gasteiger partial charge on any atom is -0.496 e. The van der Waals surface area contributed by atoms with Crippen LogP contribution in [0, 0.1) is 0 Å². The molecule has 1 aromatic carbocycles. The molecule has 1 aromatic rings. The van der Waals surface area contributed by atoms with Gasteiger partial charge in [0.05, 0.1) is 33.0 Å². The second-order valence-electron chi connectivity index (χ2n) is 8.00. The molecule has 2 aliphatic rings. The Morgan fingerprint density at radius 1 is 1.03 bits per heavy atom. The summed E-state index contributed by atoms with van der Waals surface area (Å²) >= 11 is 0. The van der Waals surface area contributed by atoms with Crippen LogP contribution in [-0.4, -0.2) is 97.9 Å². The Morgan fingerprint density at radius 3 is 2.45 bits per heavy atom. The molecule has 0 saturated carbocycles. The van der Waals surface area contributed by atoms with Gasteiger partial charge in [-0.15, -0.1) is 0 Å². The summed E-state index contributed by atoms with van der Waals surface area (Å²) in [4.78, 5) is 18.9. The predicted octanol–water partition coefficient (Wildman–Crippen LogP) is 1.20. The smallest absolute Gasteiger partial charge is 0.236 e. The third kappa shape index (κ3) is 6.96. The zero-order valence-corrected chi connectivity index (χ0v) is 17.6. The number of carbonyl (C=O) groups excluding carboxylic acids is 1. The third-order valence-corrected chi connectivity index (χ3v) is 5.76. The average molecular weight is 406 g/mol. The summed E-state index contributed by atoms with van der Waals surface area (Å²) in [7, 11) is 1.65. The molecule has 7 heteroatoms. The van der Waals surface area contributed by atoms with Crippen LogP contribution in [-0.2, 0) is 16.1 Å². The maximum Gasteiger partial charge on any atom is 0.236 e. The minimum absolute atomic E-state index is 0.267. The van der Waals surface area contributed by atoms with Crippen molar-refractivity contribution in [3.63, 3.8) is 0 Å². The van der Waals surface area contributed by atoms with Crippen LogP contribution >= 0.6 is 0 Å². The molecule has 2 fully saturated rings. The van der Waals surface area contributed by atoms with Gasteiger partial charge in [0, 0.05) is 51.4 Å². The van der Waals surface area contributed by atoms with Crippen LogP contribution in [0.3, 0.4) is 0 Å². The lowest BCUT2D eigenvalue weighted by Gasteiger charge is -2.36. The molecule has 0 radical (unpaired) electrons. The van der Waals surface area contributed by atoms with Crippen molar-refractivity contribution in [2.75, 3.05) is 66.1 Å². The highest BCUT2D eigenvalue weighted by atomic mass is 16.5. The first-order valence-corrected chi connectivity index (χ1v) is 10.8. The summed E-state index contributed by atoms with van der Waals surface area (Å²) < 4.78 is 11.0. The van der Waals surface area contributed by atoms with Crippen LogP contribution in [0.15, 0.2) is 24.3 Å². The van der Waals surface area contributed by atoms with Crippen molar-refractivity contribution in [1.82, 2.24) is 14.7 Å². The van der Waals surface area contributed by atoms with Gasteiger partial charge >= 0.3 is 0 Å². The Hall–Kier alpha value is -1.67. The lowest BCUT2D eigenvalue weighted by molar-refractivity contribution is -0.133. The number of likely N-dealkylation sites (tertiary alicyclic amines) is 1. The maximum atomic E-state index is 12.4. The number of β-amino-alcohol motifs (C(OH)–C–C–N with tert-alkyl or cyclic N) is 1. The molecule has 0 bridgehead atoms. The quantitative estimate of drug-likeness (QED) is 0.666. The number of piperidine rings is 1. The fourth-order valence-corrected chi connectivity index (χ4v) is 4.04. The number of rotatable bonds is 9. The number of piperazine rings is 1. The molecule has 0 aliphatic carbocycles. The number of hydrogen-bond acceptors (Lipinski definition) is 6. The van der Waals surface area contributed by atoms with Gasteiger partial charge < -0.3 is 19.5 Å². The maximum absolute atomic E-state index is 12.4. The van der Waals surface area contributed by atoms with E-state index in [4.69, 9.17) is 9.47 Å². The first-order chi connectivity index (χ1) is 14.2. The fourth-order valence-electron chi connectivity index (χ4n) is 4.04. The van der Waals surface area contributed by atoms with E-state index in [-0.39, 0.29) is 5.91 Å². The average Bonchev–Trinajstić information content (AvgIpc) is 2.76. The van der Waals surface area contributed by atoms with Gasteiger partial charge in [-0.1, -0.05) is 18.2 Å². The summed E-state index contributed by atoms with van der Waals surface area (Å²) in [5.41, 5.74) is 0.981. The Morgan fingerprint density at radius 2 is 1.72 bits per heavy atom. The van der Waals surface area contributed by atoms with Crippen molar-refractivity contribution >= 4 is 5.91 Å². The SMILES string of the molecule is COc1ccccc1COCC(O)CN1CCN(CC(=O)N2CCCCC2)CC1. The standard InChI is InChI=1S/C22H35N3O4/c1-28-21-8-4-3-7-19(21)17-29-18-20(26)15-23-11-13-24(14-12-23)16-22(27)25-9-5-2-6-10-25/h3-4,7-8,20,26H,2,5-6,9-18H2,1H3. The molecular weight excluding hydrogens is 370 g/mol. The van der Waals surface area contributed by atoms with Gasteiger partial charge in [0.15, 0.2) is 0 Å². The van der Waals surface area contributed by atoms with E-state index in [1.165, 1.54) is 6.42 Å². The number of para-hydroxylation sites is 1. The number of hydrogen-bond donors (Lipinski definition) is 1. The number of methoxy groups -OCH3 is 1. The zero-order valence-electron chi connectivity index (χ0n) is 17.6. The van der Waals surface area contributed by atoms with Gasteiger partial charge in [0.25, 0.3) is 0 Å². The summed E-state index contributed by atoms with van der Waals surface area (Å²) in [6.07, 6.45) is 2.99. The highest BCUT2D eigenvalue weighted by Gasteiger charge is 2.23. The van der Waals surface area contributed by atoms with Crippen LogP contribution < -0.4 is 4.74 Å². The molecule has 2 heterocycles.